The third kappa shape index (κ3) is 1.12. The Labute approximate surface area is 57.6 Å². The molecule has 0 saturated carbocycles. The molecule has 0 unspecified atom stereocenters. The Morgan fingerprint density at radius 2 is 2.40 bits per heavy atom. The van der Waals surface area contributed by atoms with E-state index in [2.05, 4.69) is 14.7 Å². The summed E-state index contributed by atoms with van der Waals surface area (Å²) in [5, 5.41) is 3.29. The summed E-state index contributed by atoms with van der Waals surface area (Å²) in [6, 6.07) is 0. The predicted octanol–water partition coefficient (Wildman–Crippen LogP) is -0.229. The number of nitrogens with zero attached hydrogens (tertiary/aromatic N) is 3. The van der Waals surface area contributed by atoms with Gasteiger partial charge < -0.3 is 9.42 Å². The Hall–Kier alpha value is -1.39. The molecule has 0 aliphatic rings. The van der Waals surface area contributed by atoms with E-state index >= 15 is 0 Å². The Bertz CT molecular complexity index is 217. The number of hydrogen-bond donors (Lipinski definition) is 0. The smallest absolute Gasteiger partial charge is 0.315 e. The van der Waals surface area contributed by atoms with Crippen LogP contribution in [-0.4, -0.2) is 35.0 Å². The highest BCUT2D eigenvalue weighted by Gasteiger charge is 2.12. The van der Waals surface area contributed by atoms with Crippen LogP contribution in [0.15, 0.2) is 10.9 Å². The summed E-state index contributed by atoms with van der Waals surface area (Å²) in [6.45, 7) is 0. The minimum atomic E-state index is -0.280. The maximum Gasteiger partial charge on any atom is 0.315 e. The van der Waals surface area contributed by atoms with E-state index in [4.69, 9.17) is 0 Å². The third-order valence-corrected chi connectivity index (χ3v) is 0.950. The monoisotopic (exact) mass is 141 g/mol. The highest BCUT2D eigenvalue weighted by Crippen LogP contribution is 1.93. The first-order chi connectivity index (χ1) is 4.72. The molecule has 0 aromatic carbocycles. The van der Waals surface area contributed by atoms with Crippen LogP contribution in [0, 0.1) is 0 Å². The first-order valence-corrected chi connectivity index (χ1v) is 2.70. The van der Waals surface area contributed by atoms with Gasteiger partial charge in [0.25, 0.3) is 0 Å². The van der Waals surface area contributed by atoms with Crippen molar-refractivity contribution in [3.63, 3.8) is 0 Å². The second-order valence-electron chi connectivity index (χ2n) is 1.95. The molecule has 10 heavy (non-hydrogen) atoms. The molecule has 0 radical (unpaired) electrons. The SMILES string of the molecule is CN(C)C(=O)c1ncno1. The average Bonchev–Trinajstić information content (AvgIpc) is 2.36. The lowest BCUT2D eigenvalue weighted by atomic mass is 10.5. The number of rotatable bonds is 1. The molecule has 1 amide bonds. The van der Waals surface area contributed by atoms with Crippen LogP contribution in [0.4, 0.5) is 0 Å². The summed E-state index contributed by atoms with van der Waals surface area (Å²) in [6.07, 6.45) is 1.19. The molecule has 1 aromatic heterocycles. The highest BCUT2D eigenvalue weighted by molar-refractivity contribution is 5.88. The van der Waals surface area contributed by atoms with E-state index in [-0.39, 0.29) is 11.8 Å². The third-order valence-electron chi connectivity index (χ3n) is 0.950. The molecule has 0 aliphatic heterocycles. The number of carbonyl (C=O) groups excluding carboxylic acids is 1. The quantitative estimate of drug-likeness (QED) is 0.542. The Morgan fingerprint density at radius 1 is 1.70 bits per heavy atom. The molecule has 1 heterocycles. The van der Waals surface area contributed by atoms with Crippen molar-refractivity contribution in [2.45, 2.75) is 0 Å². The molecule has 54 valence electrons. The van der Waals surface area contributed by atoms with Crippen molar-refractivity contribution in [1.29, 1.82) is 0 Å². The lowest BCUT2D eigenvalue weighted by Gasteiger charge is -2.04. The Morgan fingerprint density at radius 3 is 2.80 bits per heavy atom. The van der Waals surface area contributed by atoms with Crippen molar-refractivity contribution in [3.8, 4) is 0 Å². The van der Waals surface area contributed by atoms with Crippen molar-refractivity contribution < 1.29 is 9.32 Å². The van der Waals surface area contributed by atoms with Crippen LogP contribution >= 0.6 is 0 Å². The number of hydrogen-bond acceptors (Lipinski definition) is 4. The Balaban J connectivity index is 2.78. The second kappa shape index (κ2) is 2.47. The van der Waals surface area contributed by atoms with Crippen LogP contribution in [0.1, 0.15) is 10.7 Å². The van der Waals surface area contributed by atoms with E-state index < -0.39 is 0 Å². The van der Waals surface area contributed by atoms with E-state index in [0.29, 0.717) is 0 Å². The van der Waals surface area contributed by atoms with Gasteiger partial charge in [-0.1, -0.05) is 5.16 Å². The summed E-state index contributed by atoms with van der Waals surface area (Å²) in [5.41, 5.74) is 0. The van der Waals surface area contributed by atoms with E-state index in [1.165, 1.54) is 11.2 Å². The summed E-state index contributed by atoms with van der Waals surface area (Å²) in [4.78, 5) is 15.9. The highest BCUT2D eigenvalue weighted by atomic mass is 16.5. The van der Waals surface area contributed by atoms with Crippen LogP contribution < -0.4 is 0 Å². The van der Waals surface area contributed by atoms with Crippen LogP contribution in [0.5, 0.6) is 0 Å². The summed E-state index contributed by atoms with van der Waals surface area (Å²) >= 11 is 0. The van der Waals surface area contributed by atoms with Gasteiger partial charge in [-0.2, -0.15) is 4.98 Å². The van der Waals surface area contributed by atoms with Gasteiger partial charge >= 0.3 is 11.8 Å². The Kier molecular flexibility index (Phi) is 1.66. The van der Waals surface area contributed by atoms with Gasteiger partial charge in [0, 0.05) is 14.1 Å². The van der Waals surface area contributed by atoms with Crippen LogP contribution in [0.3, 0.4) is 0 Å². The van der Waals surface area contributed by atoms with Crippen LogP contribution in [0.25, 0.3) is 0 Å². The topological polar surface area (TPSA) is 59.2 Å². The molecule has 0 atom stereocenters. The maximum atomic E-state index is 10.9. The van der Waals surface area contributed by atoms with Crippen molar-refractivity contribution in [1.82, 2.24) is 15.0 Å². The van der Waals surface area contributed by atoms with Crippen molar-refractivity contribution in [2.24, 2.45) is 0 Å². The molecule has 1 rings (SSSR count). The second-order valence-corrected chi connectivity index (χ2v) is 1.95. The molecule has 0 saturated heterocycles. The van der Waals surface area contributed by atoms with Gasteiger partial charge in [0.15, 0.2) is 6.33 Å². The molecule has 0 fully saturated rings. The summed E-state index contributed by atoms with van der Waals surface area (Å²) in [7, 11) is 3.24. The maximum absolute atomic E-state index is 10.9. The van der Waals surface area contributed by atoms with Gasteiger partial charge in [0.05, 0.1) is 0 Å². The van der Waals surface area contributed by atoms with E-state index in [1.54, 1.807) is 14.1 Å². The van der Waals surface area contributed by atoms with Crippen LogP contribution in [-0.2, 0) is 0 Å². The zero-order valence-corrected chi connectivity index (χ0v) is 5.74. The minimum absolute atomic E-state index is 0.0185. The predicted molar refractivity (Wildman–Crippen MR) is 32.3 cm³/mol. The number of aromatic nitrogens is 2. The largest absolute Gasteiger partial charge is 0.341 e. The molecule has 5 nitrogen and oxygen atoms in total. The minimum Gasteiger partial charge on any atom is -0.341 e. The van der Waals surface area contributed by atoms with Crippen molar-refractivity contribution in [2.75, 3.05) is 14.1 Å². The van der Waals surface area contributed by atoms with Gasteiger partial charge in [-0.05, 0) is 0 Å². The van der Waals surface area contributed by atoms with E-state index in [0.717, 1.165) is 0 Å². The zero-order chi connectivity index (χ0) is 7.56. The van der Waals surface area contributed by atoms with Gasteiger partial charge in [0.1, 0.15) is 0 Å². The van der Waals surface area contributed by atoms with Gasteiger partial charge in [-0.15, -0.1) is 0 Å². The first-order valence-electron chi connectivity index (χ1n) is 2.70. The standard InChI is InChI=1S/C5H7N3O2/c1-8(2)5(9)4-6-3-7-10-4/h3H,1-2H3. The molecule has 5 heteroatoms. The first kappa shape index (κ1) is 6.73. The van der Waals surface area contributed by atoms with Gasteiger partial charge in [-0.25, -0.2) is 0 Å². The molecular weight excluding hydrogens is 134 g/mol. The van der Waals surface area contributed by atoms with Gasteiger partial charge in [0.2, 0.25) is 0 Å². The van der Waals surface area contributed by atoms with Crippen molar-refractivity contribution >= 4 is 5.91 Å². The van der Waals surface area contributed by atoms with Crippen LogP contribution in [0.2, 0.25) is 0 Å². The van der Waals surface area contributed by atoms with E-state index in [9.17, 15) is 4.79 Å². The summed E-state index contributed by atoms with van der Waals surface area (Å²) in [5.74, 6) is -0.262. The normalized spacial score (nSPS) is 9.40. The molecule has 0 spiro atoms. The molecule has 1 aromatic rings. The zero-order valence-electron chi connectivity index (χ0n) is 5.74. The fourth-order valence-corrected chi connectivity index (χ4v) is 0.459. The molecule has 0 N–H and O–H groups in total. The fourth-order valence-electron chi connectivity index (χ4n) is 0.459. The van der Waals surface area contributed by atoms with Crippen molar-refractivity contribution in [3.05, 3.63) is 12.2 Å². The van der Waals surface area contributed by atoms with Gasteiger partial charge in [-0.3, -0.25) is 4.79 Å². The average molecular weight is 141 g/mol. The lowest BCUT2D eigenvalue weighted by molar-refractivity contribution is 0.0779. The number of amides is 1. The lowest BCUT2D eigenvalue weighted by Crippen LogP contribution is -2.21. The number of carbonyl (C=O) groups is 1. The molecule has 0 aliphatic carbocycles. The fraction of sp³-hybridized carbons (Fsp3) is 0.400. The molecular formula is C5H7N3O2. The molecule has 0 bridgehead atoms. The summed E-state index contributed by atoms with van der Waals surface area (Å²) < 4.78 is 4.50. The van der Waals surface area contributed by atoms with E-state index in [1.807, 2.05) is 0 Å².